The fourth-order valence-electron chi connectivity index (χ4n) is 3.35. The Labute approximate surface area is 186 Å². The number of esters is 1. The van der Waals surface area contributed by atoms with E-state index in [1.807, 2.05) is 0 Å². The molecule has 176 valence electrons. The second-order valence-electron chi connectivity index (χ2n) is 9.38. The predicted octanol–water partition coefficient (Wildman–Crippen LogP) is 5.39. The number of amides is 1. The van der Waals surface area contributed by atoms with Gasteiger partial charge in [-0.15, -0.1) is 0 Å². The SMILES string of the molecule is COC(=O)CCCCCCCC=CCCCCCCCC(=O)NCCC[N+](C)(C)C. The van der Waals surface area contributed by atoms with Crippen LogP contribution in [0.1, 0.15) is 96.3 Å². The molecule has 0 bridgehead atoms. The zero-order valence-corrected chi connectivity index (χ0v) is 20.3. The van der Waals surface area contributed by atoms with Gasteiger partial charge in [0.05, 0.1) is 34.8 Å². The molecule has 0 heterocycles. The smallest absolute Gasteiger partial charge is 0.305 e. The van der Waals surface area contributed by atoms with Gasteiger partial charge in [0, 0.05) is 25.8 Å². The quantitative estimate of drug-likeness (QED) is 0.123. The number of carbonyl (C=O) groups is 2. The minimum atomic E-state index is -0.0926. The molecule has 5 nitrogen and oxygen atoms in total. The molecule has 0 aliphatic heterocycles. The zero-order chi connectivity index (χ0) is 22.5. The Kier molecular flexibility index (Phi) is 18.7. The lowest BCUT2D eigenvalue weighted by molar-refractivity contribution is -0.870. The minimum Gasteiger partial charge on any atom is -0.469 e. The van der Waals surface area contributed by atoms with E-state index >= 15 is 0 Å². The summed E-state index contributed by atoms with van der Waals surface area (Å²) < 4.78 is 5.59. The molecule has 0 aromatic heterocycles. The molecule has 1 N–H and O–H groups in total. The summed E-state index contributed by atoms with van der Waals surface area (Å²) in [5.41, 5.74) is 0. The second kappa shape index (κ2) is 19.6. The number of ether oxygens (including phenoxy) is 1. The van der Waals surface area contributed by atoms with E-state index in [0.717, 1.165) is 49.7 Å². The number of quaternary nitrogens is 1. The number of hydrogen-bond acceptors (Lipinski definition) is 3. The largest absolute Gasteiger partial charge is 0.469 e. The molecule has 0 radical (unpaired) electrons. The van der Waals surface area contributed by atoms with Crippen LogP contribution in [0.25, 0.3) is 0 Å². The molecule has 5 heteroatoms. The molecule has 0 saturated heterocycles. The molecule has 0 aliphatic rings. The highest BCUT2D eigenvalue weighted by atomic mass is 16.5. The summed E-state index contributed by atoms with van der Waals surface area (Å²) in [5, 5.41) is 3.04. The van der Waals surface area contributed by atoms with Crippen molar-refractivity contribution >= 4 is 11.9 Å². The van der Waals surface area contributed by atoms with Crippen molar-refractivity contribution in [3.63, 3.8) is 0 Å². The van der Waals surface area contributed by atoms with Crippen LogP contribution in [-0.2, 0) is 14.3 Å². The minimum absolute atomic E-state index is 0.0926. The second-order valence-corrected chi connectivity index (χ2v) is 9.38. The van der Waals surface area contributed by atoms with Gasteiger partial charge in [-0.3, -0.25) is 9.59 Å². The Morgan fingerprint density at radius 3 is 1.77 bits per heavy atom. The number of carbonyl (C=O) groups excluding carboxylic acids is 2. The average Bonchev–Trinajstić information content (AvgIpc) is 2.69. The van der Waals surface area contributed by atoms with Crippen LogP contribution < -0.4 is 5.32 Å². The first kappa shape index (κ1) is 28.6. The monoisotopic (exact) mass is 425 g/mol. The summed E-state index contributed by atoms with van der Waals surface area (Å²) in [5.74, 6) is 0.118. The highest BCUT2D eigenvalue weighted by molar-refractivity contribution is 5.75. The predicted molar refractivity (Wildman–Crippen MR) is 126 cm³/mol. The van der Waals surface area contributed by atoms with Crippen LogP contribution in [0, 0.1) is 0 Å². The molecule has 0 saturated carbocycles. The molecule has 0 aromatic carbocycles. The standard InChI is InChI=1S/C25H48N2O3/c1-27(2,3)23-19-22-26-24(28)20-17-15-13-11-9-7-5-6-8-10-12-14-16-18-21-25(29)30-4/h5-6H,7-23H2,1-4H3/p+1. The molecule has 0 rings (SSSR count). The Bertz CT molecular complexity index is 456. The number of nitrogens with one attached hydrogen (secondary N) is 1. The van der Waals surface area contributed by atoms with Gasteiger partial charge in [-0.25, -0.2) is 0 Å². The number of methoxy groups -OCH3 is 1. The van der Waals surface area contributed by atoms with E-state index in [1.165, 1.54) is 58.5 Å². The van der Waals surface area contributed by atoms with Gasteiger partial charge in [0.2, 0.25) is 5.91 Å². The lowest BCUT2D eigenvalue weighted by Gasteiger charge is -2.23. The zero-order valence-electron chi connectivity index (χ0n) is 20.3. The lowest BCUT2D eigenvalue weighted by Crippen LogP contribution is -2.37. The molecule has 0 spiro atoms. The van der Waals surface area contributed by atoms with Crippen LogP contribution in [-0.4, -0.2) is 57.7 Å². The molecular weight excluding hydrogens is 376 g/mol. The molecule has 1 amide bonds. The molecule has 0 aliphatic carbocycles. The Morgan fingerprint density at radius 2 is 1.23 bits per heavy atom. The third-order valence-corrected chi connectivity index (χ3v) is 5.25. The third-order valence-electron chi connectivity index (χ3n) is 5.25. The normalized spacial score (nSPS) is 11.7. The van der Waals surface area contributed by atoms with Crippen molar-refractivity contribution in [2.45, 2.75) is 96.3 Å². The van der Waals surface area contributed by atoms with E-state index < -0.39 is 0 Å². The van der Waals surface area contributed by atoms with Crippen LogP contribution in [0.2, 0.25) is 0 Å². The highest BCUT2D eigenvalue weighted by Crippen LogP contribution is 2.10. The van der Waals surface area contributed by atoms with Crippen molar-refractivity contribution in [3.05, 3.63) is 12.2 Å². The number of hydrogen-bond donors (Lipinski definition) is 1. The van der Waals surface area contributed by atoms with E-state index in [9.17, 15) is 9.59 Å². The van der Waals surface area contributed by atoms with Gasteiger partial charge >= 0.3 is 5.97 Å². The van der Waals surface area contributed by atoms with Gasteiger partial charge in [0.15, 0.2) is 0 Å². The van der Waals surface area contributed by atoms with Crippen LogP contribution in [0.15, 0.2) is 12.2 Å². The maximum atomic E-state index is 11.8. The first-order valence-electron chi connectivity index (χ1n) is 12.1. The fraction of sp³-hybridized carbons (Fsp3) is 0.840. The van der Waals surface area contributed by atoms with E-state index in [4.69, 9.17) is 0 Å². The van der Waals surface area contributed by atoms with Gasteiger partial charge in [-0.1, -0.05) is 50.7 Å². The molecule has 0 atom stereocenters. The Hall–Kier alpha value is -1.36. The molecule has 30 heavy (non-hydrogen) atoms. The highest BCUT2D eigenvalue weighted by Gasteiger charge is 2.06. The summed E-state index contributed by atoms with van der Waals surface area (Å²) in [4.78, 5) is 22.8. The number of nitrogens with zero attached hydrogens (tertiary/aromatic N) is 1. The number of allylic oxidation sites excluding steroid dienone is 2. The van der Waals surface area contributed by atoms with E-state index in [1.54, 1.807) is 0 Å². The molecular formula is C25H49N2O3+. The number of unbranched alkanes of at least 4 members (excludes halogenated alkanes) is 10. The first-order chi connectivity index (χ1) is 14.3. The van der Waals surface area contributed by atoms with E-state index in [0.29, 0.717) is 12.8 Å². The Morgan fingerprint density at radius 1 is 0.733 bits per heavy atom. The maximum Gasteiger partial charge on any atom is 0.305 e. The summed E-state index contributed by atoms with van der Waals surface area (Å²) in [7, 11) is 7.98. The van der Waals surface area contributed by atoms with Gasteiger partial charge in [-0.2, -0.15) is 0 Å². The van der Waals surface area contributed by atoms with Crippen molar-refractivity contribution in [3.8, 4) is 0 Å². The number of rotatable bonds is 20. The van der Waals surface area contributed by atoms with Crippen LogP contribution in [0.3, 0.4) is 0 Å². The van der Waals surface area contributed by atoms with Crippen molar-refractivity contribution in [2.75, 3.05) is 41.3 Å². The molecule has 0 aromatic rings. The van der Waals surface area contributed by atoms with Gasteiger partial charge < -0.3 is 14.5 Å². The van der Waals surface area contributed by atoms with Crippen LogP contribution in [0.4, 0.5) is 0 Å². The van der Waals surface area contributed by atoms with Gasteiger partial charge in [0.1, 0.15) is 0 Å². The van der Waals surface area contributed by atoms with Crippen molar-refractivity contribution in [2.24, 2.45) is 0 Å². The van der Waals surface area contributed by atoms with Gasteiger partial charge in [-0.05, 0) is 38.5 Å². The average molecular weight is 426 g/mol. The van der Waals surface area contributed by atoms with Crippen molar-refractivity contribution in [1.82, 2.24) is 5.32 Å². The lowest BCUT2D eigenvalue weighted by atomic mass is 10.1. The Balaban J connectivity index is 3.28. The first-order valence-corrected chi connectivity index (χ1v) is 12.1. The van der Waals surface area contributed by atoms with E-state index in [2.05, 4.69) is 43.3 Å². The van der Waals surface area contributed by atoms with Crippen LogP contribution >= 0.6 is 0 Å². The molecule has 0 unspecified atom stereocenters. The molecule has 0 fully saturated rings. The van der Waals surface area contributed by atoms with Crippen molar-refractivity contribution < 1.29 is 18.8 Å². The maximum absolute atomic E-state index is 11.8. The topological polar surface area (TPSA) is 55.4 Å². The summed E-state index contributed by atoms with van der Waals surface area (Å²) in [6.07, 6.45) is 20.9. The van der Waals surface area contributed by atoms with Gasteiger partial charge in [0.25, 0.3) is 0 Å². The fourth-order valence-corrected chi connectivity index (χ4v) is 3.35. The summed E-state index contributed by atoms with van der Waals surface area (Å²) >= 11 is 0. The van der Waals surface area contributed by atoms with Crippen molar-refractivity contribution in [1.29, 1.82) is 0 Å². The summed E-state index contributed by atoms with van der Waals surface area (Å²) in [6.45, 7) is 1.89. The summed E-state index contributed by atoms with van der Waals surface area (Å²) in [6, 6.07) is 0. The van der Waals surface area contributed by atoms with E-state index in [-0.39, 0.29) is 11.9 Å². The van der Waals surface area contributed by atoms with Crippen LogP contribution in [0.5, 0.6) is 0 Å². The third kappa shape index (κ3) is 22.9.